The second-order valence-corrected chi connectivity index (χ2v) is 3.61. The summed E-state index contributed by atoms with van der Waals surface area (Å²) in [6.07, 6.45) is 1.95. The maximum Gasteiger partial charge on any atom is 0.160 e. The number of hydrogen-bond donors (Lipinski definition) is 2. The van der Waals surface area contributed by atoms with Crippen molar-refractivity contribution in [1.82, 2.24) is 0 Å². The van der Waals surface area contributed by atoms with Crippen LogP contribution in [-0.4, -0.2) is 18.3 Å². The fraction of sp³-hybridized carbons (Fsp3) is 0.333. The van der Waals surface area contributed by atoms with Crippen molar-refractivity contribution in [3.63, 3.8) is 0 Å². The molecule has 0 saturated carbocycles. The third kappa shape index (κ3) is 2.99. The number of phenolic OH excluding ortho intramolecular Hbond substituents is 1. The number of ether oxygens (including phenoxy) is 1. The van der Waals surface area contributed by atoms with E-state index >= 15 is 0 Å². The maximum atomic E-state index is 9.56. The van der Waals surface area contributed by atoms with E-state index in [9.17, 15) is 5.11 Å². The van der Waals surface area contributed by atoms with E-state index < -0.39 is 0 Å². The summed E-state index contributed by atoms with van der Waals surface area (Å²) in [5.41, 5.74) is 7.71. The molecule has 0 heterocycles. The molecule has 82 valence electrons. The molecular weight excluding hydrogens is 190 g/mol. The van der Waals surface area contributed by atoms with Gasteiger partial charge >= 0.3 is 0 Å². The first kappa shape index (κ1) is 11.6. The number of methoxy groups -OCH3 is 1. The number of rotatable bonds is 3. The number of hydrogen-bond acceptors (Lipinski definition) is 3. The Balaban J connectivity index is 2.98. The Hall–Kier alpha value is -1.48. The lowest BCUT2D eigenvalue weighted by Gasteiger charge is -2.07. The van der Waals surface area contributed by atoms with Crippen LogP contribution in [0.15, 0.2) is 23.8 Å². The van der Waals surface area contributed by atoms with Crippen molar-refractivity contribution in [2.45, 2.75) is 19.9 Å². The average molecular weight is 207 g/mol. The SMILES string of the molecule is COc1ccc(/C=C(/C)C(C)N)cc1O. The van der Waals surface area contributed by atoms with Gasteiger partial charge in [-0.3, -0.25) is 0 Å². The zero-order chi connectivity index (χ0) is 11.4. The Kier molecular flexibility index (Phi) is 3.74. The van der Waals surface area contributed by atoms with E-state index in [4.69, 9.17) is 10.5 Å². The number of benzene rings is 1. The zero-order valence-corrected chi connectivity index (χ0v) is 9.32. The summed E-state index contributed by atoms with van der Waals surface area (Å²) in [5.74, 6) is 0.620. The van der Waals surface area contributed by atoms with Gasteiger partial charge in [0.05, 0.1) is 7.11 Å². The fourth-order valence-corrected chi connectivity index (χ4v) is 1.19. The van der Waals surface area contributed by atoms with Crippen LogP contribution in [0.1, 0.15) is 19.4 Å². The molecule has 0 aromatic heterocycles. The molecule has 0 aliphatic rings. The lowest BCUT2D eigenvalue weighted by atomic mass is 10.1. The number of aromatic hydroxyl groups is 1. The van der Waals surface area contributed by atoms with Gasteiger partial charge in [-0.15, -0.1) is 0 Å². The molecule has 0 fully saturated rings. The smallest absolute Gasteiger partial charge is 0.160 e. The summed E-state index contributed by atoms with van der Waals surface area (Å²) in [4.78, 5) is 0. The van der Waals surface area contributed by atoms with Crippen LogP contribution in [0.3, 0.4) is 0 Å². The number of phenols is 1. The van der Waals surface area contributed by atoms with Crippen LogP contribution in [0.2, 0.25) is 0 Å². The van der Waals surface area contributed by atoms with E-state index in [-0.39, 0.29) is 11.8 Å². The molecular formula is C12H17NO2. The van der Waals surface area contributed by atoms with Gasteiger partial charge in [0.25, 0.3) is 0 Å². The highest BCUT2D eigenvalue weighted by Crippen LogP contribution is 2.27. The minimum Gasteiger partial charge on any atom is -0.504 e. The van der Waals surface area contributed by atoms with Crippen molar-refractivity contribution < 1.29 is 9.84 Å². The first-order valence-electron chi connectivity index (χ1n) is 4.85. The predicted molar refractivity (Wildman–Crippen MR) is 62.0 cm³/mol. The maximum absolute atomic E-state index is 9.56. The van der Waals surface area contributed by atoms with Gasteiger partial charge in [-0.1, -0.05) is 17.7 Å². The molecule has 3 heteroatoms. The number of nitrogens with two attached hydrogens (primary N) is 1. The van der Waals surface area contributed by atoms with Gasteiger partial charge in [-0.25, -0.2) is 0 Å². The molecule has 3 N–H and O–H groups in total. The lowest BCUT2D eigenvalue weighted by Crippen LogP contribution is -2.15. The van der Waals surface area contributed by atoms with Crippen LogP contribution in [-0.2, 0) is 0 Å². The first-order chi connectivity index (χ1) is 7.04. The van der Waals surface area contributed by atoms with Gasteiger partial charge in [-0.2, -0.15) is 0 Å². The molecule has 1 rings (SSSR count). The van der Waals surface area contributed by atoms with E-state index in [0.29, 0.717) is 5.75 Å². The second kappa shape index (κ2) is 4.84. The molecule has 0 amide bonds. The van der Waals surface area contributed by atoms with Crippen molar-refractivity contribution >= 4 is 6.08 Å². The minimum absolute atomic E-state index is 0.0224. The van der Waals surface area contributed by atoms with Gasteiger partial charge < -0.3 is 15.6 Å². The Bertz CT molecular complexity index is 370. The Morgan fingerprint density at radius 3 is 2.67 bits per heavy atom. The largest absolute Gasteiger partial charge is 0.504 e. The molecule has 0 aliphatic carbocycles. The third-order valence-electron chi connectivity index (χ3n) is 2.32. The topological polar surface area (TPSA) is 55.5 Å². The highest BCUT2D eigenvalue weighted by molar-refractivity contribution is 5.58. The monoisotopic (exact) mass is 207 g/mol. The van der Waals surface area contributed by atoms with E-state index in [1.165, 1.54) is 7.11 Å². The normalized spacial score (nSPS) is 13.7. The van der Waals surface area contributed by atoms with Crippen LogP contribution in [0, 0.1) is 0 Å². The Morgan fingerprint density at radius 2 is 2.20 bits per heavy atom. The molecule has 1 aromatic rings. The van der Waals surface area contributed by atoms with Crippen molar-refractivity contribution in [3.05, 3.63) is 29.3 Å². The lowest BCUT2D eigenvalue weighted by molar-refractivity contribution is 0.373. The third-order valence-corrected chi connectivity index (χ3v) is 2.32. The molecule has 0 bridgehead atoms. The zero-order valence-electron chi connectivity index (χ0n) is 9.32. The van der Waals surface area contributed by atoms with E-state index in [1.807, 2.05) is 26.0 Å². The van der Waals surface area contributed by atoms with Crippen LogP contribution in [0.25, 0.3) is 6.08 Å². The standard InChI is InChI=1S/C12H17NO2/c1-8(9(2)13)6-10-4-5-12(15-3)11(14)7-10/h4-7,9,14H,13H2,1-3H3/b8-6-. The van der Waals surface area contributed by atoms with Gasteiger partial charge in [-0.05, 0) is 31.5 Å². The van der Waals surface area contributed by atoms with Crippen molar-refractivity contribution in [2.75, 3.05) is 7.11 Å². The highest BCUT2D eigenvalue weighted by Gasteiger charge is 2.02. The molecule has 0 radical (unpaired) electrons. The van der Waals surface area contributed by atoms with Gasteiger partial charge in [0.1, 0.15) is 0 Å². The van der Waals surface area contributed by atoms with E-state index in [0.717, 1.165) is 11.1 Å². The molecule has 1 aromatic carbocycles. The Labute approximate surface area is 90.2 Å². The van der Waals surface area contributed by atoms with Gasteiger partial charge in [0.2, 0.25) is 0 Å². The summed E-state index contributed by atoms with van der Waals surface area (Å²) < 4.78 is 4.96. The summed E-state index contributed by atoms with van der Waals surface area (Å²) in [6.45, 7) is 3.89. The summed E-state index contributed by atoms with van der Waals surface area (Å²) >= 11 is 0. The predicted octanol–water partition coefficient (Wildman–Crippen LogP) is 2.15. The van der Waals surface area contributed by atoms with Crippen molar-refractivity contribution in [2.24, 2.45) is 5.73 Å². The van der Waals surface area contributed by atoms with Crippen LogP contribution < -0.4 is 10.5 Å². The molecule has 15 heavy (non-hydrogen) atoms. The van der Waals surface area contributed by atoms with Gasteiger partial charge in [0, 0.05) is 6.04 Å². The van der Waals surface area contributed by atoms with E-state index in [2.05, 4.69) is 0 Å². The molecule has 1 atom stereocenters. The summed E-state index contributed by atoms with van der Waals surface area (Å²) in [5, 5.41) is 9.56. The van der Waals surface area contributed by atoms with Crippen molar-refractivity contribution in [1.29, 1.82) is 0 Å². The summed E-state index contributed by atoms with van der Waals surface area (Å²) in [7, 11) is 1.53. The van der Waals surface area contributed by atoms with Gasteiger partial charge in [0.15, 0.2) is 11.5 Å². The Morgan fingerprint density at radius 1 is 1.53 bits per heavy atom. The van der Waals surface area contributed by atoms with Crippen LogP contribution in [0.5, 0.6) is 11.5 Å². The highest BCUT2D eigenvalue weighted by atomic mass is 16.5. The van der Waals surface area contributed by atoms with Crippen LogP contribution in [0.4, 0.5) is 0 Å². The van der Waals surface area contributed by atoms with Crippen LogP contribution >= 0.6 is 0 Å². The molecule has 0 aliphatic heterocycles. The molecule has 0 saturated heterocycles. The van der Waals surface area contributed by atoms with E-state index in [1.54, 1.807) is 12.1 Å². The second-order valence-electron chi connectivity index (χ2n) is 3.61. The molecule has 1 unspecified atom stereocenters. The molecule has 0 spiro atoms. The average Bonchev–Trinajstić information content (AvgIpc) is 2.18. The first-order valence-corrected chi connectivity index (χ1v) is 4.85. The minimum atomic E-state index is 0.0224. The molecule has 3 nitrogen and oxygen atoms in total. The van der Waals surface area contributed by atoms with Crippen molar-refractivity contribution in [3.8, 4) is 11.5 Å². The quantitative estimate of drug-likeness (QED) is 0.798. The summed E-state index contributed by atoms with van der Waals surface area (Å²) in [6, 6.07) is 5.29. The fourth-order valence-electron chi connectivity index (χ4n) is 1.19.